The van der Waals surface area contributed by atoms with Crippen LogP contribution in [0.5, 0.6) is 0 Å². The predicted molar refractivity (Wildman–Crippen MR) is 80.4 cm³/mol. The molecule has 114 valence electrons. The molecule has 1 aliphatic rings. The van der Waals surface area contributed by atoms with Crippen molar-refractivity contribution in [2.45, 2.75) is 89.8 Å². The molecule has 0 spiro atoms. The van der Waals surface area contributed by atoms with Crippen LogP contribution in [0, 0.1) is 0 Å². The van der Waals surface area contributed by atoms with Crippen LogP contribution in [0.3, 0.4) is 0 Å². The molecule has 19 heavy (non-hydrogen) atoms. The fraction of sp³-hybridized carbons (Fsp3) is 1.00. The molecule has 1 unspecified atom stereocenters. The Balaban J connectivity index is 2.23. The third-order valence-electron chi connectivity index (χ3n) is 4.28. The van der Waals surface area contributed by atoms with E-state index >= 15 is 0 Å². The first-order chi connectivity index (χ1) is 9.12. The summed E-state index contributed by atoms with van der Waals surface area (Å²) in [6.45, 7) is 7.47. The van der Waals surface area contributed by atoms with Crippen LogP contribution < -0.4 is 5.32 Å². The molecule has 0 aliphatic heterocycles. The highest BCUT2D eigenvalue weighted by molar-refractivity contribution is 4.87. The van der Waals surface area contributed by atoms with Gasteiger partial charge in [0.2, 0.25) is 0 Å². The van der Waals surface area contributed by atoms with E-state index in [0.29, 0.717) is 12.1 Å². The van der Waals surface area contributed by atoms with E-state index in [2.05, 4.69) is 26.1 Å². The summed E-state index contributed by atoms with van der Waals surface area (Å²) in [5, 5.41) is 13.2. The number of aliphatic hydroxyl groups excluding tert-OH is 1. The van der Waals surface area contributed by atoms with Gasteiger partial charge in [0, 0.05) is 18.2 Å². The third-order valence-corrected chi connectivity index (χ3v) is 4.28. The van der Waals surface area contributed by atoms with Crippen molar-refractivity contribution in [1.82, 2.24) is 5.32 Å². The lowest BCUT2D eigenvalue weighted by Gasteiger charge is -2.34. The smallest absolute Gasteiger partial charge is 0.0613 e. The lowest BCUT2D eigenvalue weighted by atomic mass is 9.90. The van der Waals surface area contributed by atoms with Gasteiger partial charge in [0.1, 0.15) is 0 Å². The van der Waals surface area contributed by atoms with E-state index < -0.39 is 0 Å². The third kappa shape index (κ3) is 6.24. The molecule has 3 heteroatoms. The molecule has 0 radical (unpaired) electrons. The van der Waals surface area contributed by atoms with E-state index in [1.54, 1.807) is 0 Å². The van der Waals surface area contributed by atoms with Crippen molar-refractivity contribution in [3.63, 3.8) is 0 Å². The van der Waals surface area contributed by atoms with Crippen molar-refractivity contribution in [1.29, 1.82) is 0 Å². The molecule has 0 aromatic rings. The normalized spacial score (nSPS) is 20.7. The van der Waals surface area contributed by atoms with Gasteiger partial charge in [-0.15, -0.1) is 0 Å². The molecule has 0 aromatic carbocycles. The first-order valence-electron chi connectivity index (χ1n) is 8.12. The van der Waals surface area contributed by atoms with Gasteiger partial charge in [0.25, 0.3) is 0 Å². The molecule has 0 saturated heterocycles. The van der Waals surface area contributed by atoms with Gasteiger partial charge in [-0.1, -0.05) is 40.0 Å². The maximum atomic E-state index is 9.67. The second kappa shape index (κ2) is 8.93. The number of ether oxygens (including phenoxy) is 1. The number of rotatable bonds is 9. The molecule has 1 rings (SSSR count). The molecule has 0 amide bonds. The summed E-state index contributed by atoms with van der Waals surface area (Å²) < 4.78 is 5.96. The highest BCUT2D eigenvalue weighted by Gasteiger charge is 2.27. The van der Waals surface area contributed by atoms with E-state index in [-0.39, 0.29) is 12.1 Å². The maximum Gasteiger partial charge on any atom is 0.0613 e. The minimum Gasteiger partial charge on any atom is -0.394 e. The molecular formula is C16H33NO2. The van der Waals surface area contributed by atoms with Gasteiger partial charge in [-0.25, -0.2) is 0 Å². The second-order valence-corrected chi connectivity index (χ2v) is 6.33. The average Bonchev–Trinajstić information content (AvgIpc) is 2.43. The summed E-state index contributed by atoms with van der Waals surface area (Å²) in [6.07, 6.45) is 10.00. The molecular weight excluding hydrogens is 238 g/mol. The number of nitrogens with one attached hydrogen (secondary N) is 1. The monoisotopic (exact) mass is 271 g/mol. The second-order valence-electron chi connectivity index (χ2n) is 6.33. The standard InChI is InChI=1S/C16H33NO2/c1-4-16(13-18,17-14(2)3)11-8-12-19-15-9-6-5-7-10-15/h14-15,17-18H,4-13H2,1-3H3. The summed E-state index contributed by atoms with van der Waals surface area (Å²) in [7, 11) is 0. The zero-order valence-corrected chi connectivity index (χ0v) is 13.1. The van der Waals surface area contributed by atoms with E-state index in [1.807, 2.05) is 0 Å². The van der Waals surface area contributed by atoms with Crippen LogP contribution >= 0.6 is 0 Å². The van der Waals surface area contributed by atoms with Crippen LogP contribution in [0.25, 0.3) is 0 Å². The molecule has 1 saturated carbocycles. The quantitative estimate of drug-likeness (QED) is 0.633. The van der Waals surface area contributed by atoms with Crippen LogP contribution in [0.2, 0.25) is 0 Å². The molecule has 1 aliphatic carbocycles. The Bertz CT molecular complexity index is 221. The van der Waals surface area contributed by atoms with Crippen molar-refractivity contribution in [3.8, 4) is 0 Å². The Morgan fingerprint density at radius 2 is 1.95 bits per heavy atom. The Hall–Kier alpha value is -0.120. The highest BCUT2D eigenvalue weighted by atomic mass is 16.5. The molecule has 0 bridgehead atoms. The van der Waals surface area contributed by atoms with Gasteiger partial charge in [-0.3, -0.25) is 0 Å². The van der Waals surface area contributed by atoms with Crippen molar-refractivity contribution in [3.05, 3.63) is 0 Å². The average molecular weight is 271 g/mol. The molecule has 0 heterocycles. The van der Waals surface area contributed by atoms with Gasteiger partial charge in [-0.2, -0.15) is 0 Å². The van der Waals surface area contributed by atoms with Crippen LogP contribution in [0.1, 0.15) is 72.1 Å². The van der Waals surface area contributed by atoms with E-state index in [4.69, 9.17) is 4.74 Å². The van der Waals surface area contributed by atoms with E-state index in [9.17, 15) is 5.11 Å². The lowest BCUT2D eigenvalue weighted by Crippen LogP contribution is -2.51. The first kappa shape index (κ1) is 16.9. The van der Waals surface area contributed by atoms with Gasteiger partial charge < -0.3 is 15.2 Å². The number of hydrogen-bond acceptors (Lipinski definition) is 3. The summed E-state index contributed by atoms with van der Waals surface area (Å²) in [6, 6.07) is 0.409. The minimum atomic E-state index is -0.121. The van der Waals surface area contributed by atoms with Crippen molar-refractivity contribution in [2.24, 2.45) is 0 Å². The summed E-state index contributed by atoms with van der Waals surface area (Å²) >= 11 is 0. The highest BCUT2D eigenvalue weighted by Crippen LogP contribution is 2.22. The van der Waals surface area contributed by atoms with Crippen LogP contribution in [0.4, 0.5) is 0 Å². The summed E-state index contributed by atoms with van der Waals surface area (Å²) in [5.41, 5.74) is -0.121. The molecule has 1 fully saturated rings. The molecule has 1 atom stereocenters. The van der Waals surface area contributed by atoms with Gasteiger partial charge >= 0.3 is 0 Å². The van der Waals surface area contributed by atoms with Crippen molar-refractivity contribution < 1.29 is 9.84 Å². The van der Waals surface area contributed by atoms with Crippen LogP contribution in [-0.4, -0.2) is 36.0 Å². The number of hydrogen-bond donors (Lipinski definition) is 2. The Labute approximate surface area is 119 Å². The fourth-order valence-corrected chi connectivity index (χ4v) is 3.09. The Morgan fingerprint density at radius 3 is 2.47 bits per heavy atom. The van der Waals surface area contributed by atoms with Crippen molar-refractivity contribution in [2.75, 3.05) is 13.2 Å². The molecule has 2 N–H and O–H groups in total. The summed E-state index contributed by atoms with van der Waals surface area (Å²) in [4.78, 5) is 0. The van der Waals surface area contributed by atoms with Crippen molar-refractivity contribution >= 4 is 0 Å². The first-order valence-corrected chi connectivity index (χ1v) is 8.12. The SMILES string of the molecule is CCC(CO)(CCCOC1CCCCC1)NC(C)C. The molecule has 3 nitrogen and oxygen atoms in total. The Morgan fingerprint density at radius 1 is 1.26 bits per heavy atom. The minimum absolute atomic E-state index is 0.121. The van der Waals surface area contributed by atoms with Crippen LogP contribution in [0.15, 0.2) is 0 Å². The molecule has 0 aromatic heterocycles. The largest absolute Gasteiger partial charge is 0.394 e. The fourth-order valence-electron chi connectivity index (χ4n) is 3.09. The van der Waals surface area contributed by atoms with E-state index in [0.717, 1.165) is 25.9 Å². The zero-order valence-electron chi connectivity index (χ0n) is 13.1. The topological polar surface area (TPSA) is 41.5 Å². The van der Waals surface area contributed by atoms with Crippen LogP contribution in [-0.2, 0) is 4.74 Å². The number of aliphatic hydroxyl groups is 1. The lowest BCUT2D eigenvalue weighted by molar-refractivity contribution is 0.0204. The maximum absolute atomic E-state index is 9.67. The van der Waals surface area contributed by atoms with Gasteiger partial charge in [-0.05, 0) is 32.1 Å². The zero-order chi connectivity index (χ0) is 14.1. The summed E-state index contributed by atoms with van der Waals surface area (Å²) in [5.74, 6) is 0. The van der Waals surface area contributed by atoms with E-state index in [1.165, 1.54) is 32.1 Å². The van der Waals surface area contributed by atoms with Gasteiger partial charge in [0.15, 0.2) is 0 Å². The van der Waals surface area contributed by atoms with Gasteiger partial charge in [0.05, 0.1) is 12.7 Å². The Kier molecular flexibility index (Phi) is 7.96. The predicted octanol–water partition coefficient (Wildman–Crippen LogP) is 3.26.